The predicted octanol–water partition coefficient (Wildman–Crippen LogP) is 4.13. The Bertz CT molecular complexity index is 816. The van der Waals surface area contributed by atoms with Gasteiger partial charge in [-0.1, -0.05) is 36.4 Å². The van der Waals surface area contributed by atoms with Crippen LogP contribution >= 0.6 is 0 Å². The maximum absolute atomic E-state index is 9.78. The van der Waals surface area contributed by atoms with Crippen molar-refractivity contribution in [1.82, 2.24) is 4.98 Å². The molecule has 2 unspecified atom stereocenters. The fraction of sp³-hybridized carbons (Fsp3) is 0.227. The predicted molar refractivity (Wildman–Crippen MR) is 102 cm³/mol. The standard InChI is InChI=1S/C22H23NO3/c1-16(25)12-22(20-6-3-11-23-14-20)26-21-9-7-18(8-10-21)19-5-2-4-17(13-19)15-24/h2-11,13-14,16,22,24-25H,12,15H2,1H3. The number of aliphatic hydroxyl groups excluding tert-OH is 2. The van der Waals surface area contributed by atoms with Crippen LogP contribution in [-0.4, -0.2) is 21.3 Å². The van der Waals surface area contributed by atoms with Crippen molar-refractivity contribution in [1.29, 1.82) is 0 Å². The van der Waals surface area contributed by atoms with E-state index >= 15 is 0 Å². The Hall–Kier alpha value is -2.69. The molecule has 0 saturated heterocycles. The van der Waals surface area contributed by atoms with Gasteiger partial charge in [-0.05, 0) is 47.9 Å². The van der Waals surface area contributed by atoms with Crippen LogP contribution in [0.4, 0.5) is 0 Å². The molecular weight excluding hydrogens is 326 g/mol. The van der Waals surface area contributed by atoms with E-state index in [2.05, 4.69) is 4.98 Å². The summed E-state index contributed by atoms with van der Waals surface area (Å²) < 4.78 is 6.11. The van der Waals surface area contributed by atoms with Gasteiger partial charge in [-0.15, -0.1) is 0 Å². The van der Waals surface area contributed by atoms with Gasteiger partial charge in [0.05, 0.1) is 12.7 Å². The van der Waals surface area contributed by atoms with Crippen molar-refractivity contribution in [2.75, 3.05) is 0 Å². The van der Waals surface area contributed by atoms with Crippen LogP contribution in [0.3, 0.4) is 0 Å². The third kappa shape index (κ3) is 4.69. The highest BCUT2D eigenvalue weighted by Gasteiger charge is 2.16. The van der Waals surface area contributed by atoms with E-state index in [1.54, 1.807) is 19.3 Å². The van der Waals surface area contributed by atoms with E-state index < -0.39 is 6.10 Å². The Labute approximate surface area is 153 Å². The zero-order valence-corrected chi connectivity index (χ0v) is 14.7. The van der Waals surface area contributed by atoms with Crippen LogP contribution in [0.15, 0.2) is 73.1 Å². The summed E-state index contributed by atoms with van der Waals surface area (Å²) in [5, 5.41) is 19.1. The molecule has 0 bridgehead atoms. The molecule has 0 aliphatic rings. The number of hydrogen-bond donors (Lipinski definition) is 2. The van der Waals surface area contributed by atoms with E-state index in [-0.39, 0.29) is 12.7 Å². The van der Waals surface area contributed by atoms with E-state index in [1.165, 1.54) is 0 Å². The molecule has 0 saturated carbocycles. The lowest BCUT2D eigenvalue weighted by Gasteiger charge is -2.21. The van der Waals surface area contributed by atoms with Gasteiger partial charge in [0.1, 0.15) is 11.9 Å². The first-order valence-corrected chi connectivity index (χ1v) is 8.70. The number of hydrogen-bond acceptors (Lipinski definition) is 4. The summed E-state index contributed by atoms with van der Waals surface area (Å²) in [4.78, 5) is 4.14. The van der Waals surface area contributed by atoms with Crippen LogP contribution < -0.4 is 4.74 Å². The molecule has 4 nitrogen and oxygen atoms in total. The van der Waals surface area contributed by atoms with E-state index in [4.69, 9.17) is 4.74 Å². The van der Waals surface area contributed by atoms with Gasteiger partial charge in [0.2, 0.25) is 0 Å². The Kier molecular flexibility index (Phi) is 6.00. The summed E-state index contributed by atoms with van der Waals surface area (Å²) in [6.07, 6.45) is 3.25. The Balaban J connectivity index is 1.78. The molecule has 0 radical (unpaired) electrons. The number of pyridine rings is 1. The summed E-state index contributed by atoms with van der Waals surface area (Å²) in [5.74, 6) is 0.738. The molecule has 2 aromatic carbocycles. The number of rotatable bonds is 7. The molecule has 2 N–H and O–H groups in total. The molecule has 0 amide bonds. The zero-order valence-electron chi connectivity index (χ0n) is 14.7. The summed E-state index contributed by atoms with van der Waals surface area (Å²) >= 11 is 0. The highest BCUT2D eigenvalue weighted by Crippen LogP contribution is 2.28. The zero-order chi connectivity index (χ0) is 18.4. The monoisotopic (exact) mass is 349 g/mol. The van der Waals surface area contributed by atoms with Crippen LogP contribution in [0.1, 0.15) is 30.6 Å². The largest absolute Gasteiger partial charge is 0.486 e. The van der Waals surface area contributed by atoms with Crippen molar-refractivity contribution in [3.63, 3.8) is 0 Å². The summed E-state index contributed by atoms with van der Waals surface area (Å²) in [7, 11) is 0. The minimum absolute atomic E-state index is 0.0289. The second kappa shape index (κ2) is 8.61. The van der Waals surface area contributed by atoms with Crippen LogP contribution in [0.25, 0.3) is 11.1 Å². The third-order valence-corrected chi connectivity index (χ3v) is 4.19. The molecule has 0 aliphatic carbocycles. The van der Waals surface area contributed by atoms with Crippen molar-refractivity contribution < 1.29 is 14.9 Å². The minimum atomic E-state index is -0.472. The smallest absolute Gasteiger partial charge is 0.128 e. The molecule has 26 heavy (non-hydrogen) atoms. The molecule has 1 aromatic heterocycles. The average Bonchev–Trinajstić information content (AvgIpc) is 2.68. The SMILES string of the molecule is CC(O)CC(Oc1ccc(-c2cccc(CO)c2)cc1)c1cccnc1. The second-order valence-electron chi connectivity index (χ2n) is 6.36. The van der Waals surface area contributed by atoms with Crippen LogP contribution in [0, 0.1) is 0 Å². The normalized spacial score (nSPS) is 13.2. The molecule has 2 atom stereocenters. The first-order chi connectivity index (χ1) is 12.7. The summed E-state index contributed by atoms with van der Waals surface area (Å²) in [6.45, 7) is 1.78. The number of aliphatic hydroxyl groups is 2. The lowest BCUT2D eigenvalue weighted by atomic mass is 10.0. The lowest BCUT2D eigenvalue weighted by Crippen LogP contribution is -2.14. The van der Waals surface area contributed by atoms with E-state index in [9.17, 15) is 10.2 Å². The van der Waals surface area contributed by atoms with Crippen molar-refractivity contribution in [2.45, 2.75) is 32.2 Å². The first-order valence-electron chi connectivity index (χ1n) is 8.70. The molecule has 4 heteroatoms. The van der Waals surface area contributed by atoms with E-state index in [0.29, 0.717) is 6.42 Å². The van der Waals surface area contributed by atoms with Crippen LogP contribution in [0.2, 0.25) is 0 Å². The summed E-state index contributed by atoms with van der Waals surface area (Å²) in [6, 6.07) is 19.5. The lowest BCUT2D eigenvalue weighted by molar-refractivity contribution is 0.106. The topological polar surface area (TPSA) is 62.6 Å². The summed E-state index contributed by atoms with van der Waals surface area (Å²) in [5.41, 5.74) is 3.93. The molecule has 0 spiro atoms. The number of nitrogens with zero attached hydrogens (tertiary/aromatic N) is 1. The quantitative estimate of drug-likeness (QED) is 0.673. The van der Waals surface area contributed by atoms with E-state index in [0.717, 1.165) is 28.0 Å². The maximum atomic E-state index is 9.78. The van der Waals surface area contributed by atoms with Crippen molar-refractivity contribution in [2.24, 2.45) is 0 Å². The van der Waals surface area contributed by atoms with Gasteiger partial charge in [-0.25, -0.2) is 0 Å². The maximum Gasteiger partial charge on any atom is 0.128 e. The molecule has 1 heterocycles. The Morgan fingerprint density at radius 1 is 1.00 bits per heavy atom. The fourth-order valence-electron chi connectivity index (χ4n) is 2.87. The molecule has 0 fully saturated rings. The van der Waals surface area contributed by atoms with Crippen molar-refractivity contribution in [3.8, 4) is 16.9 Å². The van der Waals surface area contributed by atoms with Gasteiger partial charge in [-0.3, -0.25) is 4.98 Å². The van der Waals surface area contributed by atoms with Gasteiger partial charge < -0.3 is 14.9 Å². The fourth-order valence-corrected chi connectivity index (χ4v) is 2.87. The Morgan fingerprint density at radius 2 is 1.81 bits per heavy atom. The molecule has 134 valence electrons. The minimum Gasteiger partial charge on any atom is -0.486 e. The number of benzene rings is 2. The third-order valence-electron chi connectivity index (χ3n) is 4.19. The highest BCUT2D eigenvalue weighted by molar-refractivity contribution is 5.64. The van der Waals surface area contributed by atoms with Gasteiger partial charge in [0.25, 0.3) is 0 Å². The van der Waals surface area contributed by atoms with Gasteiger partial charge in [0, 0.05) is 24.4 Å². The molecule has 0 aliphatic heterocycles. The molecule has 3 rings (SSSR count). The highest BCUT2D eigenvalue weighted by atomic mass is 16.5. The van der Waals surface area contributed by atoms with Crippen molar-refractivity contribution in [3.05, 3.63) is 84.2 Å². The van der Waals surface area contributed by atoms with E-state index in [1.807, 2.05) is 60.7 Å². The Morgan fingerprint density at radius 3 is 2.46 bits per heavy atom. The molecular formula is C22H23NO3. The second-order valence-corrected chi connectivity index (χ2v) is 6.36. The number of ether oxygens (including phenoxy) is 1. The number of aromatic nitrogens is 1. The average molecular weight is 349 g/mol. The van der Waals surface area contributed by atoms with Crippen LogP contribution in [-0.2, 0) is 6.61 Å². The van der Waals surface area contributed by atoms with Gasteiger partial charge >= 0.3 is 0 Å². The van der Waals surface area contributed by atoms with Crippen molar-refractivity contribution >= 4 is 0 Å². The van der Waals surface area contributed by atoms with Gasteiger partial charge in [0.15, 0.2) is 0 Å². The molecule has 3 aromatic rings. The first kappa shape index (κ1) is 18.1. The van der Waals surface area contributed by atoms with Crippen LogP contribution in [0.5, 0.6) is 5.75 Å². The van der Waals surface area contributed by atoms with Gasteiger partial charge in [-0.2, -0.15) is 0 Å².